The summed E-state index contributed by atoms with van der Waals surface area (Å²) in [4.78, 5) is 4.23. The summed E-state index contributed by atoms with van der Waals surface area (Å²) >= 11 is 0. The monoisotopic (exact) mass is 281 g/mol. The largest absolute Gasteiger partial charge is 0.492 e. The fraction of sp³-hybridized carbons (Fsp3) is 0.667. The molecule has 1 heterocycles. The fourth-order valence-electron chi connectivity index (χ4n) is 2.25. The van der Waals surface area contributed by atoms with E-state index in [4.69, 9.17) is 15.3 Å². The van der Waals surface area contributed by atoms with E-state index in [-0.39, 0.29) is 17.6 Å². The van der Waals surface area contributed by atoms with E-state index >= 15 is 0 Å². The van der Waals surface area contributed by atoms with Gasteiger partial charge >= 0.3 is 0 Å². The molecule has 2 unspecified atom stereocenters. The molecule has 2 atom stereocenters. The number of hydrogen-bond donors (Lipinski definition) is 2. The molecule has 0 aliphatic heterocycles. The minimum absolute atomic E-state index is 0.0495. The van der Waals surface area contributed by atoms with Gasteiger partial charge in [-0.1, -0.05) is 27.7 Å². The second kappa shape index (κ2) is 7.57. The van der Waals surface area contributed by atoms with Crippen molar-refractivity contribution in [1.82, 2.24) is 10.4 Å². The third-order valence-electron chi connectivity index (χ3n) is 3.16. The molecule has 0 aliphatic carbocycles. The number of nitrogens with two attached hydrogens (primary N) is 1. The van der Waals surface area contributed by atoms with Crippen LogP contribution in [0.4, 0.5) is 0 Å². The zero-order valence-electron chi connectivity index (χ0n) is 13.1. The Morgan fingerprint density at radius 2 is 2.05 bits per heavy atom. The molecule has 0 aromatic carbocycles. The lowest BCUT2D eigenvalue weighted by Crippen LogP contribution is -2.44. The third kappa shape index (κ3) is 4.44. The summed E-state index contributed by atoms with van der Waals surface area (Å²) in [5, 5.41) is 0. The van der Waals surface area contributed by atoms with Crippen LogP contribution in [0.2, 0.25) is 0 Å². The molecular formula is C15H27N3O2. The standard InChI is InChI=1S/C15H27N3O2/c1-6-7-20-12-8-11(9-17-10-12)13(18-16)14(19-5)15(2,3)4/h8-10,13-14,18H,6-7,16H2,1-5H3. The molecule has 114 valence electrons. The van der Waals surface area contributed by atoms with Crippen molar-refractivity contribution < 1.29 is 9.47 Å². The molecule has 1 rings (SSSR count). The lowest BCUT2D eigenvalue weighted by atomic mass is 9.82. The van der Waals surface area contributed by atoms with E-state index in [1.807, 2.05) is 6.07 Å². The predicted molar refractivity (Wildman–Crippen MR) is 80.3 cm³/mol. The predicted octanol–water partition coefficient (Wildman–Crippen LogP) is 2.44. The molecular weight excluding hydrogens is 254 g/mol. The van der Waals surface area contributed by atoms with Crippen molar-refractivity contribution in [3.05, 3.63) is 24.0 Å². The van der Waals surface area contributed by atoms with Crippen molar-refractivity contribution in [2.45, 2.75) is 46.3 Å². The van der Waals surface area contributed by atoms with Crippen molar-refractivity contribution in [2.24, 2.45) is 11.3 Å². The molecule has 0 amide bonds. The summed E-state index contributed by atoms with van der Waals surface area (Å²) in [6.45, 7) is 9.12. The molecule has 1 aromatic rings. The molecule has 3 N–H and O–H groups in total. The van der Waals surface area contributed by atoms with E-state index in [0.29, 0.717) is 6.61 Å². The first-order valence-electron chi connectivity index (χ1n) is 7.00. The highest BCUT2D eigenvalue weighted by Gasteiger charge is 2.33. The number of ether oxygens (including phenoxy) is 2. The van der Waals surface area contributed by atoms with Crippen LogP contribution in [-0.4, -0.2) is 24.8 Å². The topological polar surface area (TPSA) is 69.4 Å². The van der Waals surface area contributed by atoms with Crippen LogP contribution in [0.25, 0.3) is 0 Å². The number of aromatic nitrogens is 1. The molecule has 0 saturated heterocycles. The first-order valence-corrected chi connectivity index (χ1v) is 7.00. The lowest BCUT2D eigenvalue weighted by molar-refractivity contribution is -0.0121. The second-order valence-corrected chi connectivity index (χ2v) is 5.97. The van der Waals surface area contributed by atoms with Gasteiger partial charge in [0.15, 0.2) is 0 Å². The van der Waals surface area contributed by atoms with Gasteiger partial charge in [-0.2, -0.15) is 0 Å². The summed E-state index contributed by atoms with van der Waals surface area (Å²) in [6.07, 6.45) is 4.40. The van der Waals surface area contributed by atoms with Crippen LogP contribution in [0.5, 0.6) is 5.75 Å². The Hall–Kier alpha value is -1.17. The van der Waals surface area contributed by atoms with Crippen LogP contribution >= 0.6 is 0 Å². The maximum atomic E-state index is 5.73. The Morgan fingerprint density at radius 1 is 1.35 bits per heavy atom. The SMILES string of the molecule is CCCOc1cncc(C(NN)C(OC)C(C)(C)C)c1. The number of nitrogens with zero attached hydrogens (tertiary/aromatic N) is 1. The van der Waals surface area contributed by atoms with Crippen molar-refractivity contribution in [3.63, 3.8) is 0 Å². The number of methoxy groups -OCH3 is 1. The van der Waals surface area contributed by atoms with Gasteiger partial charge in [0.2, 0.25) is 0 Å². The molecule has 0 spiro atoms. The van der Waals surface area contributed by atoms with Crippen LogP contribution in [0.3, 0.4) is 0 Å². The maximum Gasteiger partial charge on any atom is 0.137 e. The van der Waals surface area contributed by atoms with Gasteiger partial charge in [0, 0.05) is 13.3 Å². The van der Waals surface area contributed by atoms with Crippen LogP contribution < -0.4 is 16.0 Å². The highest BCUT2D eigenvalue weighted by molar-refractivity contribution is 5.27. The van der Waals surface area contributed by atoms with E-state index in [1.54, 1.807) is 19.5 Å². The molecule has 0 aliphatic rings. The number of nitrogens with one attached hydrogen (secondary N) is 1. The van der Waals surface area contributed by atoms with Crippen LogP contribution in [-0.2, 0) is 4.74 Å². The number of hydrazine groups is 1. The Bertz CT molecular complexity index is 404. The highest BCUT2D eigenvalue weighted by atomic mass is 16.5. The number of rotatable bonds is 7. The zero-order valence-corrected chi connectivity index (χ0v) is 13.1. The van der Waals surface area contributed by atoms with E-state index in [9.17, 15) is 0 Å². The van der Waals surface area contributed by atoms with Gasteiger partial charge in [-0.05, 0) is 23.5 Å². The molecule has 0 bridgehead atoms. The van der Waals surface area contributed by atoms with E-state index < -0.39 is 0 Å². The second-order valence-electron chi connectivity index (χ2n) is 5.97. The Labute approximate surface area is 121 Å². The fourth-order valence-corrected chi connectivity index (χ4v) is 2.25. The van der Waals surface area contributed by atoms with Crippen molar-refractivity contribution in [2.75, 3.05) is 13.7 Å². The quantitative estimate of drug-likeness (QED) is 0.593. The van der Waals surface area contributed by atoms with E-state index in [2.05, 4.69) is 38.1 Å². The minimum Gasteiger partial charge on any atom is -0.492 e. The average Bonchev–Trinajstić information content (AvgIpc) is 2.41. The van der Waals surface area contributed by atoms with Crippen molar-refractivity contribution >= 4 is 0 Å². The van der Waals surface area contributed by atoms with E-state index in [0.717, 1.165) is 17.7 Å². The van der Waals surface area contributed by atoms with Crippen LogP contribution in [0.1, 0.15) is 45.7 Å². The number of pyridine rings is 1. The molecule has 0 saturated carbocycles. The third-order valence-corrected chi connectivity index (χ3v) is 3.16. The first kappa shape index (κ1) is 16.9. The Kier molecular flexibility index (Phi) is 6.39. The Balaban J connectivity index is 2.99. The normalized spacial score (nSPS) is 14.9. The molecule has 20 heavy (non-hydrogen) atoms. The molecule has 5 nitrogen and oxygen atoms in total. The summed E-state index contributed by atoms with van der Waals surface area (Å²) in [5.74, 6) is 6.49. The summed E-state index contributed by atoms with van der Waals surface area (Å²) in [5.41, 5.74) is 3.75. The first-order chi connectivity index (χ1) is 9.43. The summed E-state index contributed by atoms with van der Waals surface area (Å²) in [7, 11) is 1.70. The van der Waals surface area contributed by atoms with Gasteiger partial charge in [0.25, 0.3) is 0 Å². The van der Waals surface area contributed by atoms with Crippen molar-refractivity contribution in [1.29, 1.82) is 0 Å². The highest BCUT2D eigenvalue weighted by Crippen LogP contribution is 2.32. The molecule has 1 aromatic heterocycles. The molecule has 5 heteroatoms. The smallest absolute Gasteiger partial charge is 0.137 e. The van der Waals surface area contributed by atoms with Gasteiger partial charge in [0.05, 0.1) is 24.9 Å². The van der Waals surface area contributed by atoms with Crippen LogP contribution in [0, 0.1) is 5.41 Å². The molecule has 0 radical (unpaired) electrons. The van der Waals surface area contributed by atoms with Crippen LogP contribution in [0.15, 0.2) is 18.5 Å². The lowest BCUT2D eigenvalue weighted by Gasteiger charge is -2.35. The summed E-state index contributed by atoms with van der Waals surface area (Å²) in [6, 6.07) is 1.82. The van der Waals surface area contributed by atoms with Gasteiger partial charge < -0.3 is 9.47 Å². The zero-order chi connectivity index (χ0) is 15.2. The minimum atomic E-state index is -0.141. The maximum absolute atomic E-state index is 5.73. The van der Waals surface area contributed by atoms with Crippen molar-refractivity contribution in [3.8, 4) is 5.75 Å². The number of hydrogen-bond acceptors (Lipinski definition) is 5. The van der Waals surface area contributed by atoms with Gasteiger partial charge in [-0.15, -0.1) is 0 Å². The van der Waals surface area contributed by atoms with Gasteiger partial charge in [-0.3, -0.25) is 16.3 Å². The van der Waals surface area contributed by atoms with E-state index in [1.165, 1.54) is 0 Å². The molecule has 0 fully saturated rings. The summed E-state index contributed by atoms with van der Waals surface area (Å²) < 4.78 is 11.2. The Morgan fingerprint density at radius 3 is 2.55 bits per heavy atom. The average molecular weight is 281 g/mol. The van der Waals surface area contributed by atoms with Gasteiger partial charge in [0.1, 0.15) is 5.75 Å². The van der Waals surface area contributed by atoms with Gasteiger partial charge in [-0.25, -0.2) is 0 Å².